The Morgan fingerprint density at radius 1 is 1.14 bits per heavy atom. The zero-order valence-electron chi connectivity index (χ0n) is 13.4. The molecule has 0 amide bonds. The van der Waals surface area contributed by atoms with Crippen LogP contribution in [0.25, 0.3) is 0 Å². The smallest absolute Gasteiger partial charge is 0.306 e. The first-order valence-corrected chi connectivity index (χ1v) is 8.34. The van der Waals surface area contributed by atoms with Gasteiger partial charge in [-0.25, -0.2) is 0 Å². The Bertz CT molecular complexity index is 430. The Morgan fingerprint density at radius 3 is 2.48 bits per heavy atom. The summed E-state index contributed by atoms with van der Waals surface area (Å²) in [6.45, 7) is 4.16. The van der Waals surface area contributed by atoms with E-state index in [9.17, 15) is 4.79 Å². The minimum Gasteiger partial charge on any atom is -0.459 e. The molecule has 2 heteroatoms. The van der Waals surface area contributed by atoms with Gasteiger partial charge in [0.1, 0.15) is 5.60 Å². The number of benzene rings is 1. The van der Waals surface area contributed by atoms with Gasteiger partial charge in [0, 0.05) is 6.42 Å². The molecule has 0 aliphatic heterocycles. The van der Waals surface area contributed by atoms with E-state index in [4.69, 9.17) is 4.74 Å². The number of hydrogen-bond donors (Lipinski definition) is 0. The van der Waals surface area contributed by atoms with E-state index in [2.05, 4.69) is 26.0 Å². The van der Waals surface area contributed by atoms with Gasteiger partial charge >= 0.3 is 5.97 Å². The number of esters is 1. The van der Waals surface area contributed by atoms with Crippen LogP contribution in [-0.4, -0.2) is 11.6 Å². The van der Waals surface area contributed by atoms with Crippen molar-refractivity contribution in [3.8, 4) is 0 Å². The third-order valence-corrected chi connectivity index (χ3v) is 4.65. The standard InChI is InChI=1S/C19H28O2/c1-19(2,17-13-7-4-8-14-17)21-18(20)15-9-12-16-10-5-3-6-11-16/h3,5-6,10-11,17H,4,7-9,12-15H2,1-2H3. The molecule has 1 aromatic rings. The fraction of sp³-hybridized carbons (Fsp3) is 0.632. The summed E-state index contributed by atoms with van der Waals surface area (Å²) in [6, 6.07) is 10.3. The number of ether oxygens (including phenoxy) is 1. The second-order valence-corrected chi connectivity index (χ2v) is 6.75. The largest absolute Gasteiger partial charge is 0.459 e. The molecule has 0 heterocycles. The van der Waals surface area contributed by atoms with Crippen molar-refractivity contribution in [2.45, 2.75) is 70.8 Å². The lowest BCUT2D eigenvalue weighted by molar-refractivity contribution is -0.163. The normalized spacial score (nSPS) is 16.7. The summed E-state index contributed by atoms with van der Waals surface area (Å²) in [5.74, 6) is 0.492. The lowest BCUT2D eigenvalue weighted by Crippen LogP contribution is -2.37. The molecular formula is C19H28O2. The van der Waals surface area contributed by atoms with Crippen molar-refractivity contribution < 1.29 is 9.53 Å². The van der Waals surface area contributed by atoms with Crippen molar-refractivity contribution in [1.29, 1.82) is 0 Å². The average Bonchev–Trinajstić information content (AvgIpc) is 2.49. The molecule has 2 nitrogen and oxygen atoms in total. The van der Waals surface area contributed by atoms with Crippen molar-refractivity contribution in [3.63, 3.8) is 0 Å². The first-order chi connectivity index (χ1) is 10.1. The van der Waals surface area contributed by atoms with Crippen LogP contribution in [0, 0.1) is 5.92 Å². The zero-order valence-corrected chi connectivity index (χ0v) is 13.4. The summed E-state index contributed by atoms with van der Waals surface area (Å²) in [7, 11) is 0. The maximum absolute atomic E-state index is 12.1. The Morgan fingerprint density at radius 2 is 1.81 bits per heavy atom. The molecule has 0 radical (unpaired) electrons. The highest BCUT2D eigenvalue weighted by molar-refractivity contribution is 5.69. The highest BCUT2D eigenvalue weighted by Crippen LogP contribution is 2.35. The van der Waals surface area contributed by atoms with Gasteiger partial charge in [0.15, 0.2) is 0 Å². The second kappa shape index (κ2) is 7.63. The molecule has 0 spiro atoms. The van der Waals surface area contributed by atoms with Gasteiger partial charge in [-0.05, 0) is 51.0 Å². The summed E-state index contributed by atoms with van der Waals surface area (Å²) in [4.78, 5) is 12.1. The Kier molecular flexibility index (Phi) is 5.84. The van der Waals surface area contributed by atoms with Crippen LogP contribution in [-0.2, 0) is 16.0 Å². The van der Waals surface area contributed by atoms with Gasteiger partial charge < -0.3 is 4.74 Å². The quantitative estimate of drug-likeness (QED) is 0.695. The summed E-state index contributed by atoms with van der Waals surface area (Å²) in [6.07, 6.45) is 8.61. The Balaban J connectivity index is 1.73. The van der Waals surface area contributed by atoms with Gasteiger partial charge in [0.25, 0.3) is 0 Å². The van der Waals surface area contributed by atoms with E-state index in [1.165, 1.54) is 37.7 Å². The zero-order chi connectivity index (χ0) is 15.1. The third-order valence-electron chi connectivity index (χ3n) is 4.65. The van der Waals surface area contributed by atoms with Gasteiger partial charge in [-0.15, -0.1) is 0 Å². The molecule has 1 aliphatic rings. The second-order valence-electron chi connectivity index (χ2n) is 6.75. The fourth-order valence-electron chi connectivity index (χ4n) is 3.31. The molecule has 0 bridgehead atoms. The number of aryl methyl sites for hydroxylation is 1. The third kappa shape index (κ3) is 5.18. The molecule has 1 fully saturated rings. The van der Waals surface area contributed by atoms with Crippen LogP contribution < -0.4 is 0 Å². The number of carbonyl (C=O) groups excluding carboxylic acids is 1. The lowest BCUT2D eigenvalue weighted by Gasteiger charge is -2.36. The molecule has 0 atom stereocenters. The maximum Gasteiger partial charge on any atom is 0.306 e. The molecular weight excluding hydrogens is 260 g/mol. The summed E-state index contributed by atoms with van der Waals surface area (Å²) < 4.78 is 5.78. The first-order valence-electron chi connectivity index (χ1n) is 8.34. The summed E-state index contributed by atoms with van der Waals surface area (Å²) in [5.41, 5.74) is 0.987. The molecule has 1 saturated carbocycles. The van der Waals surface area contributed by atoms with Crippen LogP contribution in [0.2, 0.25) is 0 Å². The van der Waals surface area contributed by atoms with Crippen LogP contribution in [0.4, 0.5) is 0 Å². The predicted molar refractivity (Wildman–Crippen MR) is 86.1 cm³/mol. The lowest BCUT2D eigenvalue weighted by atomic mass is 9.79. The van der Waals surface area contributed by atoms with Crippen molar-refractivity contribution in [3.05, 3.63) is 35.9 Å². The van der Waals surface area contributed by atoms with Crippen molar-refractivity contribution in [2.75, 3.05) is 0 Å². The molecule has 1 aromatic carbocycles. The number of rotatable bonds is 6. The fourth-order valence-corrected chi connectivity index (χ4v) is 3.31. The van der Waals surface area contributed by atoms with Crippen LogP contribution in [0.3, 0.4) is 0 Å². The van der Waals surface area contributed by atoms with E-state index in [-0.39, 0.29) is 11.6 Å². The molecule has 21 heavy (non-hydrogen) atoms. The highest BCUT2D eigenvalue weighted by Gasteiger charge is 2.33. The van der Waals surface area contributed by atoms with Crippen molar-refractivity contribution in [1.82, 2.24) is 0 Å². The van der Waals surface area contributed by atoms with E-state index in [0.29, 0.717) is 12.3 Å². The highest BCUT2D eigenvalue weighted by atomic mass is 16.6. The van der Waals surface area contributed by atoms with Crippen LogP contribution in [0.15, 0.2) is 30.3 Å². The van der Waals surface area contributed by atoms with E-state index >= 15 is 0 Å². The van der Waals surface area contributed by atoms with Gasteiger partial charge in [-0.2, -0.15) is 0 Å². The van der Waals surface area contributed by atoms with Crippen molar-refractivity contribution in [2.24, 2.45) is 5.92 Å². The molecule has 1 aliphatic carbocycles. The molecule has 0 saturated heterocycles. The van der Waals surface area contributed by atoms with Gasteiger partial charge in [0.2, 0.25) is 0 Å². The van der Waals surface area contributed by atoms with Crippen molar-refractivity contribution >= 4 is 5.97 Å². The van der Waals surface area contributed by atoms with Crippen LogP contribution in [0.1, 0.15) is 64.4 Å². The van der Waals surface area contributed by atoms with E-state index < -0.39 is 0 Å². The van der Waals surface area contributed by atoms with E-state index in [1.54, 1.807) is 0 Å². The summed E-state index contributed by atoms with van der Waals surface area (Å²) >= 11 is 0. The van der Waals surface area contributed by atoms with Crippen LogP contribution >= 0.6 is 0 Å². The van der Waals surface area contributed by atoms with Gasteiger partial charge in [-0.1, -0.05) is 49.6 Å². The monoisotopic (exact) mass is 288 g/mol. The SMILES string of the molecule is CC(C)(OC(=O)CCCc1ccccc1)C1CCCCC1. The predicted octanol–water partition coefficient (Wildman–Crippen LogP) is 4.91. The number of carbonyl (C=O) groups is 1. The molecule has 2 rings (SSSR count). The van der Waals surface area contributed by atoms with E-state index in [0.717, 1.165) is 12.8 Å². The topological polar surface area (TPSA) is 26.3 Å². The van der Waals surface area contributed by atoms with Gasteiger partial charge in [0.05, 0.1) is 0 Å². The minimum atomic E-state index is -0.301. The molecule has 0 unspecified atom stereocenters. The first kappa shape index (κ1) is 16.1. The molecule has 0 aromatic heterocycles. The van der Waals surface area contributed by atoms with Gasteiger partial charge in [-0.3, -0.25) is 4.79 Å². The summed E-state index contributed by atoms with van der Waals surface area (Å²) in [5, 5.41) is 0. The van der Waals surface area contributed by atoms with Crippen LogP contribution in [0.5, 0.6) is 0 Å². The Hall–Kier alpha value is -1.31. The number of hydrogen-bond acceptors (Lipinski definition) is 2. The molecule has 0 N–H and O–H groups in total. The average molecular weight is 288 g/mol. The Labute approximate surface area is 128 Å². The molecule has 116 valence electrons. The maximum atomic E-state index is 12.1. The van der Waals surface area contributed by atoms with E-state index in [1.807, 2.05) is 18.2 Å². The minimum absolute atomic E-state index is 0.0403.